The molecule has 2 atom stereocenters. The number of ether oxygens (including phenoxy) is 1. The summed E-state index contributed by atoms with van der Waals surface area (Å²) in [6.45, 7) is 1.76. The van der Waals surface area contributed by atoms with Crippen molar-refractivity contribution in [2.45, 2.75) is 31.4 Å². The molecule has 1 heterocycles. The third-order valence-electron chi connectivity index (χ3n) is 3.79. The number of carboxylic acid groups (broad SMARTS) is 1. The molecule has 110 valence electrons. The molecule has 1 aromatic rings. The second-order valence-electron chi connectivity index (χ2n) is 5.06. The number of hydrogen-bond donors (Lipinski definition) is 1. The molecule has 0 spiro atoms. The minimum atomic E-state index is -0.956. The second kappa shape index (κ2) is 7.07. The number of methoxy groups -OCH3 is 1. The molecule has 1 aliphatic rings. The highest BCUT2D eigenvalue weighted by molar-refractivity contribution is 6.31. The van der Waals surface area contributed by atoms with Crippen LogP contribution >= 0.6 is 11.6 Å². The highest BCUT2D eigenvalue weighted by Gasteiger charge is 2.35. The lowest BCUT2D eigenvalue weighted by molar-refractivity contribution is -0.153. The van der Waals surface area contributed by atoms with Crippen LogP contribution in [0.2, 0.25) is 5.02 Å². The molecule has 0 bridgehead atoms. The SMILES string of the molecule is COC(C(=O)O)[C@H](c1ccccc1Cl)N1CCCCC1. The minimum Gasteiger partial charge on any atom is -0.479 e. The molecular weight excluding hydrogens is 278 g/mol. The highest BCUT2D eigenvalue weighted by atomic mass is 35.5. The second-order valence-corrected chi connectivity index (χ2v) is 5.46. The lowest BCUT2D eigenvalue weighted by Crippen LogP contribution is -2.44. The number of rotatable bonds is 5. The van der Waals surface area contributed by atoms with Gasteiger partial charge in [-0.2, -0.15) is 0 Å². The third kappa shape index (κ3) is 3.32. The molecule has 0 aliphatic carbocycles. The van der Waals surface area contributed by atoms with Gasteiger partial charge in [-0.05, 0) is 37.6 Å². The Hall–Kier alpha value is -1.10. The zero-order valence-electron chi connectivity index (χ0n) is 11.6. The van der Waals surface area contributed by atoms with Gasteiger partial charge in [-0.3, -0.25) is 4.90 Å². The van der Waals surface area contributed by atoms with Crippen LogP contribution in [0.3, 0.4) is 0 Å². The maximum atomic E-state index is 11.5. The normalized spacial score (nSPS) is 19.5. The molecule has 20 heavy (non-hydrogen) atoms. The maximum absolute atomic E-state index is 11.5. The van der Waals surface area contributed by atoms with E-state index in [0.29, 0.717) is 5.02 Å². The molecular formula is C15H20ClNO3. The van der Waals surface area contributed by atoms with Crippen LogP contribution in [0.4, 0.5) is 0 Å². The molecule has 0 saturated carbocycles. The van der Waals surface area contributed by atoms with E-state index in [0.717, 1.165) is 31.5 Å². The molecule has 1 aliphatic heterocycles. The van der Waals surface area contributed by atoms with Gasteiger partial charge in [0, 0.05) is 12.1 Å². The van der Waals surface area contributed by atoms with Crippen molar-refractivity contribution in [3.8, 4) is 0 Å². The van der Waals surface area contributed by atoms with Crippen molar-refractivity contribution in [1.82, 2.24) is 4.90 Å². The van der Waals surface area contributed by atoms with Gasteiger partial charge in [-0.25, -0.2) is 4.79 Å². The Morgan fingerprint density at radius 2 is 1.95 bits per heavy atom. The van der Waals surface area contributed by atoms with Crippen molar-refractivity contribution in [2.24, 2.45) is 0 Å². The predicted molar refractivity (Wildman–Crippen MR) is 78.0 cm³/mol. The number of carboxylic acids is 1. The summed E-state index contributed by atoms with van der Waals surface area (Å²) in [6.07, 6.45) is 2.44. The van der Waals surface area contributed by atoms with Crippen molar-refractivity contribution in [2.75, 3.05) is 20.2 Å². The number of nitrogens with zero attached hydrogens (tertiary/aromatic N) is 1. The van der Waals surface area contributed by atoms with Crippen molar-refractivity contribution in [3.05, 3.63) is 34.9 Å². The highest BCUT2D eigenvalue weighted by Crippen LogP contribution is 2.33. The van der Waals surface area contributed by atoms with Crippen LogP contribution in [0.25, 0.3) is 0 Å². The van der Waals surface area contributed by atoms with Crippen LogP contribution in [0, 0.1) is 0 Å². The fraction of sp³-hybridized carbons (Fsp3) is 0.533. The van der Waals surface area contributed by atoms with Crippen LogP contribution in [-0.4, -0.2) is 42.3 Å². The van der Waals surface area contributed by atoms with Gasteiger partial charge in [-0.1, -0.05) is 36.2 Å². The first-order chi connectivity index (χ1) is 9.65. The molecule has 1 fully saturated rings. The fourth-order valence-electron chi connectivity index (χ4n) is 2.83. The quantitative estimate of drug-likeness (QED) is 0.908. The molecule has 0 radical (unpaired) electrons. The lowest BCUT2D eigenvalue weighted by Gasteiger charge is -2.37. The number of benzene rings is 1. The summed E-state index contributed by atoms with van der Waals surface area (Å²) < 4.78 is 5.24. The zero-order valence-corrected chi connectivity index (χ0v) is 12.3. The molecule has 0 aromatic heterocycles. The average Bonchev–Trinajstić information content (AvgIpc) is 2.46. The Labute approximate surface area is 124 Å². The van der Waals surface area contributed by atoms with Crippen molar-refractivity contribution >= 4 is 17.6 Å². The van der Waals surface area contributed by atoms with E-state index < -0.39 is 12.1 Å². The molecule has 5 heteroatoms. The summed E-state index contributed by atoms with van der Waals surface area (Å²) in [5.74, 6) is -0.956. The fourth-order valence-corrected chi connectivity index (χ4v) is 3.08. The molecule has 1 aromatic carbocycles. The zero-order chi connectivity index (χ0) is 14.5. The van der Waals surface area contributed by atoms with E-state index in [1.165, 1.54) is 13.5 Å². The van der Waals surface area contributed by atoms with E-state index in [2.05, 4.69) is 4.90 Å². The van der Waals surface area contributed by atoms with E-state index in [1.54, 1.807) is 6.07 Å². The van der Waals surface area contributed by atoms with E-state index in [4.69, 9.17) is 16.3 Å². The molecule has 1 N–H and O–H groups in total. The number of carbonyl (C=O) groups is 1. The summed E-state index contributed by atoms with van der Waals surface area (Å²) in [7, 11) is 1.44. The Morgan fingerprint density at radius 3 is 2.50 bits per heavy atom. The van der Waals surface area contributed by atoms with Gasteiger partial charge >= 0.3 is 5.97 Å². The molecule has 0 amide bonds. The van der Waals surface area contributed by atoms with E-state index in [-0.39, 0.29) is 6.04 Å². The molecule has 4 nitrogen and oxygen atoms in total. The number of hydrogen-bond acceptors (Lipinski definition) is 3. The van der Waals surface area contributed by atoms with E-state index >= 15 is 0 Å². The van der Waals surface area contributed by atoms with Gasteiger partial charge in [0.15, 0.2) is 6.10 Å². The average molecular weight is 298 g/mol. The maximum Gasteiger partial charge on any atom is 0.334 e. The summed E-state index contributed by atoms with van der Waals surface area (Å²) >= 11 is 6.27. The van der Waals surface area contributed by atoms with E-state index in [9.17, 15) is 9.90 Å². The minimum absolute atomic E-state index is 0.341. The topological polar surface area (TPSA) is 49.8 Å². The van der Waals surface area contributed by atoms with E-state index in [1.807, 2.05) is 18.2 Å². The number of halogens is 1. The lowest BCUT2D eigenvalue weighted by atomic mass is 9.96. The monoisotopic (exact) mass is 297 g/mol. The number of piperidine rings is 1. The molecule has 1 unspecified atom stereocenters. The van der Waals surface area contributed by atoms with Crippen molar-refractivity contribution in [3.63, 3.8) is 0 Å². The Morgan fingerprint density at radius 1 is 1.30 bits per heavy atom. The largest absolute Gasteiger partial charge is 0.479 e. The van der Waals surface area contributed by atoms with Gasteiger partial charge < -0.3 is 9.84 Å². The van der Waals surface area contributed by atoms with Crippen LogP contribution in [0.15, 0.2) is 24.3 Å². The first kappa shape index (κ1) is 15.3. The summed E-state index contributed by atoms with van der Waals surface area (Å²) in [4.78, 5) is 13.7. The Bertz CT molecular complexity index is 460. The predicted octanol–water partition coefficient (Wildman–Crippen LogP) is 2.97. The molecule has 1 saturated heterocycles. The van der Waals surface area contributed by atoms with Gasteiger partial charge in [0.25, 0.3) is 0 Å². The van der Waals surface area contributed by atoms with Crippen LogP contribution < -0.4 is 0 Å². The van der Waals surface area contributed by atoms with Crippen molar-refractivity contribution < 1.29 is 14.6 Å². The van der Waals surface area contributed by atoms with Crippen molar-refractivity contribution in [1.29, 1.82) is 0 Å². The van der Waals surface area contributed by atoms with Crippen LogP contribution in [-0.2, 0) is 9.53 Å². The van der Waals surface area contributed by atoms with Gasteiger partial charge in [0.05, 0.1) is 6.04 Å². The smallest absolute Gasteiger partial charge is 0.334 e. The van der Waals surface area contributed by atoms with Crippen LogP contribution in [0.5, 0.6) is 0 Å². The van der Waals surface area contributed by atoms with Crippen LogP contribution in [0.1, 0.15) is 30.9 Å². The molecule has 2 rings (SSSR count). The third-order valence-corrected chi connectivity index (χ3v) is 4.14. The summed E-state index contributed by atoms with van der Waals surface area (Å²) in [5, 5.41) is 10.0. The number of aliphatic carboxylic acids is 1. The summed E-state index contributed by atoms with van der Waals surface area (Å²) in [5.41, 5.74) is 0.824. The Balaban J connectivity index is 2.37. The first-order valence-corrected chi connectivity index (χ1v) is 7.27. The number of likely N-dealkylation sites (tertiary alicyclic amines) is 1. The Kier molecular flexibility index (Phi) is 5.40. The standard InChI is InChI=1S/C15H20ClNO3/c1-20-14(15(18)19)13(17-9-5-2-6-10-17)11-7-3-4-8-12(11)16/h3-4,7-8,13-14H,2,5-6,9-10H2,1H3,(H,18,19)/t13-,14?/m0/s1. The first-order valence-electron chi connectivity index (χ1n) is 6.89. The van der Waals surface area contributed by atoms with Gasteiger partial charge in [0.2, 0.25) is 0 Å². The summed E-state index contributed by atoms with van der Waals surface area (Å²) in [6, 6.07) is 7.07. The van der Waals surface area contributed by atoms with Gasteiger partial charge in [-0.15, -0.1) is 0 Å². The van der Waals surface area contributed by atoms with Gasteiger partial charge in [0.1, 0.15) is 0 Å².